The summed E-state index contributed by atoms with van der Waals surface area (Å²) in [5.41, 5.74) is 1.86. The van der Waals surface area contributed by atoms with Gasteiger partial charge >= 0.3 is 0 Å². The number of aryl methyl sites for hydroxylation is 1. The maximum Gasteiger partial charge on any atom is 0.224 e. The molecule has 1 amide bonds. The summed E-state index contributed by atoms with van der Waals surface area (Å²) in [4.78, 5) is 17.9. The number of carbonyl (C=O) groups excluding carboxylic acids is 1. The van der Waals surface area contributed by atoms with Crippen LogP contribution in [0.2, 0.25) is 0 Å². The Balaban J connectivity index is 1.77. The van der Waals surface area contributed by atoms with E-state index < -0.39 is 0 Å². The molecule has 0 aliphatic carbocycles. The van der Waals surface area contributed by atoms with Gasteiger partial charge in [-0.2, -0.15) is 5.10 Å². The highest BCUT2D eigenvalue weighted by Crippen LogP contribution is 2.07. The fourth-order valence-electron chi connectivity index (χ4n) is 1.88. The van der Waals surface area contributed by atoms with Crippen molar-refractivity contribution in [3.63, 3.8) is 0 Å². The molecule has 0 radical (unpaired) electrons. The van der Waals surface area contributed by atoms with Crippen LogP contribution in [0.3, 0.4) is 0 Å². The Kier molecular flexibility index (Phi) is 5.45. The summed E-state index contributed by atoms with van der Waals surface area (Å²) < 4.78 is 1.83. The predicted molar refractivity (Wildman–Crippen MR) is 82.0 cm³/mol. The quantitative estimate of drug-likeness (QED) is 0.836. The summed E-state index contributed by atoms with van der Waals surface area (Å²) in [5, 5.41) is 7.10. The lowest BCUT2D eigenvalue weighted by atomic mass is 10.1. The Hall–Kier alpha value is -2.21. The van der Waals surface area contributed by atoms with Gasteiger partial charge in [-0.15, -0.1) is 0 Å². The van der Waals surface area contributed by atoms with Crippen LogP contribution in [0, 0.1) is 0 Å². The molecule has 2 rings (SSSR count). The van der Waals surface area contributed by atoms with Crippen LogP contribution in [0.15, 0.2) is 36.9 Å². The van der Waals surface area contributed by atoms with E-state index in [9.17, 15) is 4.79 Å². The van der Waals surface area contributed by atoms with Crippen LogP contribution < -0.4 is 5.32 Å². The zero-order valence-corrected chi connectivity index (χ0v) is 12.5. The molecule has 6 nitrogen and oxygen atoms in total. The first kappa shape index (κ1) is 15.2. The second-order valence-corrected chi connectivity index (χ2v) is 5.20. The van der Waals surface area contributed by atoms with Crippen molar-refractivity contribution in [1.82, 2.24) is 19.7 Å². The molecule has 0 aliphatic rings. The molecule has 0 saturated carbocycles. The molecule has 0 spiro atoms. The van der Waals surface area contributed by atoms with Crippen molar-refractivity contribution in [2.45, 2.75) is 19.4 Å². The van der Waals surface area contributed by atoms with Gasteiger partial charge in [-0.3, -0.25) is 14.5 Å². The number of anilines is 1. The van der Waals surface area contributed by atoms with Gasteiger partial charge in [-0.1, -0.05) is 0 Å². The average Bonchev–Trinajstić information content (AvgIpc) is 2.91. The van der Waals surface area contributed by atoms with Gasteiger partial charge in [0.2, 0.25) is 5.91 Å². The predicted octanol–water partition coefficient (Wildman–Crippen LogP) is 1.41. The van der Waals surface area contributed by atoms with Crippen molar-refractivity contribution in [3.8, 4) is 0 Å². The first-order chi connectivity index (χ1) is 10.1. The van der Waals surface area contributed by atoms with Gasteiger partial charge in [0.25, 0.3) is 0 Å². The van der Waals surface area contributed by atoms with Crippen molar-refractivity contribution >= 4 is 11.6 Å². The molecule has 0 bridgehead atoms. The molecule has 0 fully saturated rings. The van der Waals surface area contributed by atoms with E-state index in [0.717, 1.165) is 24.3 Å². The van der Waals surface area contributed by atoms with E-state index in [0.29, 0.717) is 12.8 Å². The lowest BCUT2D eigenvalue weighted by molar-refractivity contribution is -0.116. The second kappa shape index (κ2) is 7.54. The van der Waals surface area contributed by atoms with Crippen LogP contribution in [-0.4, -0.2) is 46.2 Å². The molecule has 21 heavy (non-hydrogen) atoms. The van der Waals surface area contributed by atoms with Crippen molar-refractivity contribution in [2.75, 3.05) is 26.0 Å². The van der Waals surface area contributed by atoms with Crippen molar-refractivity contribution in [3.05, 3.63) is 42.5 Å². The minimum atomic E-state index is -0.000952. The molecule has 2 heterocycles. The maximum atomic E-state index is 11.9. The average molecular weight is 287 g/mol. The van der Waals surface area contributed by atoms with Crippen LogP contribution in [0.4, 0.5) is 5.69 Å². The van der Waals surface area contributed by atoms with Gasteiger partial charge in [0, 0.05) is 31.6 Å². The number of nitrogens with zero attached hydrogens (tertiary/aromatic N) is 4. The number of rotatable bonds is 7. The van der Waals surface area contributed by atoms with Gasteiger partial charge in [-0.05, 0) is 38.2 Å². The number of aromatic nitrogens is 3. The molecule has 2 aromatic rings. The Morgan fingerprint density at radius 1 is 1.33 bits per heavy atom. The summed E-state index contributed by atoms with van der Waals surface area (Å²) in [6, 6.07) is 3.85. The fraction of sp³-hybridized carbons (Fsp3) is 0.400. The van der Waals surface area contributed by atoms with E-state index in [2.05, 4.69) is 20.3 Å². The lowest BCUT2D eigenvalue weighted by Gasteiger charge is -2.08. The van der Waals surface area contributed by atoms with E-state index in [1.807, 2.05) is 37.1 Å². The molecule has 2 aromatic heterocycles. The minimum Gasteiger partial charge on any atom is -0.323 e. The zero-order valence-electron chi connectivity index (χ0n) is 12.5. The summed E-state index contributed by atoms with van der Waals surface area (Å²) in [5.74, 6) is -0.000952. The van der Waals surface area contributed by atoms with Crippen molar-refractivity contribution < 1.29 is 4.79 Å². The van der Waals surface area contributed by atoms with Crippen LogP contribution in [0.25, 0.3) is 0 Å². The molecular weight excluding hydrogens is 266 g/mol. The number of hydrogen-bond acceptors (Lipinski definition) is 4. The SMILES string of the molecule is CN(C)CCn1cc(NC(=O)CCc2ccncc2)cn1. The number of amides is 1. The normalized spacial score (nSPS) is 10.8. The number of likely N-dealkylation sites (N-methyl/N-ethyl adjacent to an activating group) is 1. The fourth-order valence-corrected chi connectivity index (χ4v) is 1.88. The van der Waals surface area contributed by atoms with Crippen LogP contribution in [0.5, 0.6) is 0 Å². The van der Waals surface area contributed by atoms with Crippen molar-refractivity contribution in [2.24, 2.45) is 0 Å². The van der Waals surface area contributed by atoms with Crippen LogP contribution in [0.1, 0.15) is 12.0 Å². The highest BCUT2D eigenvalue weighted by Gasteiger charge is 2.05. The highest BCUT2D eigenvalue weighted by molar-refractivity contribution is 5.90. The Morgan fingerprint density at radius 3 is 2.81 bits per heavy atom. The monoisotopic (exact) mass is 287 g/mol. The summed E-state index contributed by atoms with van der Waals surface area (Å²) in [7, 11) is 4.04. The molecule has 0 aliphatic heterocycles. The Bertz CT molecular complexity index is 564. The lowest BCUT2D eigenvalue weighted by Crippen LogP contribution is -2.18. The van der Waals surface area contributed by atoms with E-state index in [1.54, 1.807) is 18.6 Å². The van der Waals surface area contributed by atoms with E-state index in [4.69, 9.17) is 0 Å². The number of nitrogens with one attached hydrogen (secondary N) is 1. The number of pyridine rings is 1. The first-order valence-electron chi connectivity index (χ1n) is 6.99. The summed E-state index contributed by atoms with van der Waals surface area (Å²) >= 11 is 0. The molecule has 112 valence electrons. The Labute approximate surface area is 124 Å². The standard InChI is InChI=1S/C15H21N5O/c1-19(2)9-10-20-12-14(11-17-20)18-15(21)4-3-13-5-7-16-8-6-13/h5-8,11-12H,3-4,9-10H2,1-2H3,(H,18,21). The smallest absolute Gasteiger partial charge is 0.224 e. The van der Waals surface area contributed by atoms with Gasteiger partial charge in [-0.25, -0.2) is 0 Å². The molecule has 0 atom stereocenters. The van der Waals surface area contributed by atoms with Crippen molar-refractivity contribution in [1.29, 1.82) is 0 Å². The van der Waals surface area contributed by atoms with Crippen LogP contribution in [-0.2, 0) is 17.8 Å². The van der Waals surface area contributed by atoms with Gasteiger partial charge in [0.1, 0.15) is 0 Å². The molecule has 0 unspecified atom stereocenters. The maximum absolute atomic E-state index is 11.9. The third-order valence-electron chi connectivity index (χ3n) is 3.08. The van der Waals surface area contributed by atoms with Gasteiger partial charge in [0.15, 0.2) is 0 Å². The molecule has 0 aromatic carbocycles. The molecule has 1 N–H and O–H groups in total. The van der Waals surface area contributed by atoms with Crippen LogP contribution >= 0.6 is 0 Å². The highest BCUT2D eigenvalue weighted by atomic mass is 16.1. The van der Waals surface area contributed by atoms with E-state index >= 15 is 0 Å². The number of carbonyl (C=O) groups is 1. The van der Waals surface area contributed by atoms with E-state index in [1.165, 1.54) is 0 Å². The minimum absolute atomic E-state index is 0.000952. The third kappa shape index (κ3) is 5.35. The second-order valence-electron chi connectivity index (χ2n) is 5.20. The van der Waals surface area contributed by atoms with Gasteiger partial charge in [0.05, 0.1) is 18.4 Å². The van der Waals surface area contributed by atoms with E-state index in [-0.39, 0.29) is 5.91 Å². The summed E-state index contributed by atoms with van der Waals surface area (Å²) in [6.45, 7) is 1.72. The summed E-state index contributed by atoms with van der Waals surface area (Å²) in [6.07, 6.45) is 8.17. The number of hydrogen-bond donors (Lipinski definition) is 1. The van der Waals surface area contributed by atoms with Gasteiger partial charge < -0.3 is 10.2 Å². The largest absolute Gasteiger partial charge is 0.323 e. The molecule has 0 saturated heterocycles. The molecule has 6 heteroatoms. The Morgan fingerprint density at radius 2 is 2.10 bits per heavy atom. The zero-order chi connectivity index (χ0) is 15.1. The topological polar surface area (TPSA) is 63.0 Å². The first-order valence-corrected chi connectivity index (χ1v) is 6.99. The third-order valence-corrected chi connectivity index (χ3v) is 3.08. The molecular formula is C15H21N5O.